The Bertz CT molecular complexity index is 107. The van der Waals surface area contributed by atoms with Crippen molar-refractivity contribution < 1.29 is 7.85 Å². The summed E-state index contributed by atoms with van der Waals surface area (Å²) < 4.78 is 14.3. The first-order chi connectivity index (χ1) is 4.13. The van der Waals surface area contributed by atoms with Crippen molar-refractivity contribution in [2.24, 2.45) is 0 Å². The average Bonchev–Trinajstić information content (AvgIpc) is 1.77. The first-order valence-corrected chi connectivity index (χ1v) is 2.56. The number of rotatable bonds is 0. The van der Waals surface area contributed by atoms with Gasteiger partial charge in [0.25, 0.3) is 0 Å². The van der Waals surface area contributed by atoms with E-state index in [1.807, 2.05) is 0 Å². The summed E-state index contributed by atoms with van der Waals surface area (Å²) in [5.74, 6) is 0. The molecule has 0 aromatic rings. The summed E-state index contributed by atoms with van der Waals surface area (Å²) in [5.41, 5.74) is 0. The third kappa shape index (κ3) is 1.45. The molecular weight excluding hydrogens is 90.1 g/mol. The molecule has 0 aromatic carbocycles. The van der Waals surface area contributed by atoms with Crippen LogP contribution in [-0.2, 0) is 0 Å². The molecule has 1 fully saturated rings. The molecule has 1 saturated heterocycles. The highest BCUT2D eigenvalue weighted by Crippen LogP contribution is 1.98. The van der Waals surface area contributed by atoms with E-state index in [0.717, 1.165) is 6.42 Å². The monoisotopic (exact) mass is 103 g/mol. The predicted molar refractivity (Wildman–Crippen MR) is 28.1 cm³/mol. The van der Waals surface area contributed by atoms with Crippen molar-refractivity contribution in [3.8, 4) is 0 Å². The summed E-state index contributed by atoms with van der Waals surface area (Å²) in [6, 6.07) is 0. The molecule has 0 amide bonds. The quantitative estimate of drug-likeness (QED) is 0.442. The molecule has 1 rings (SSSR count). The maximum absolute atomic E-state index is 9.00. The highest BCUT2D eigenvalue weighted by molar-refractivity contribution is 4.65. The smallest absolute Gasteiger partial charge is 0.0665 e. The maximum Gasteiger partial charge on any atom is 0.0665 e. The minimum atomic E-state index is -1.56. The zero-order chi connectivity index (χ0) is 6.91. The first-order valence-electron chi connectivity index (χ1n) is 3.56. The van der Waals surface area contributed by atoms with Gasteiger partial charge in [0.05, 0.1) is 6.10 Å². The predicted octanol–water partition coefficient (Wildman–Crippen LogP) is -0.269. The Kier molecular flexibility index (Phi) is 0.995. The summed E-state index contributed by atoms with van der Waals surface area (Å²) in [5, 5.41) is 11.6. The highest BCUT2D eigenvalue weighted by Gasteiger charge is 2.06. The summed E-state index contributed by atoms with van der Waals surface area (Å²) in [6.07, 6.45) is 0.604. The molecule has 0 aromatic heterocycles. The van der Waals surface area contributed by atoms with Gasteiger partial charge in [0.1, 0.15) is 0 Å². The molecule has 0 saturated carbocycles. The minimum Gasteiger partial charge on any atom is -0.392 e. The molecule has 2 nitrogen and oxygen atoms in total. The van der Waals surface area contributed by atoms with Crippen LogP contribution < -0.4 is 5.32 Å². The Morgan fingerprint density at radius 2 is 2.71 bits per heavy atom. The largest absolute Gasteiger partial charge is 0.392 e. The van der Waals surface area contributed by atoms with E-state index < -0.39 is 12.6 Å². The molecule has 2 N–H and O–H groups in total. The van der Waals surface area contributed by atoms with Crippen molar-refractivity contribution in [3.63, 3.8) is 0 Å². The molecule has 1 aliphatic rings. The number of aliphatic hydroxyl groups is 1. The minimum absolute atomic E-state index is 0.569. The summed E-state index contributed by atoms with van der Waals surface area (Å²) in [4.78, 5) is 0. The molecule has 1 unspecified atom stereocenters. The second-order valence-electron chi connectivity index (χ2n) is 1.73. The number of piperidine rings is 1. The van der Waals surface area contributed by atoms with Gasteiger partial charge in [-0.3, -0.25) is 0 Å². The van der Waals surface area contributed by atoms with Gasteiger partial charge >= 0.3 is 0 Å². The van der Waals surface area contributed by atoms with E-state index in [9.17, 15) is 0 Å². The van der Waals surface area contributed by atoms with Crippen LogP contribution in [0.5, 0.6) is 0 Å². The lowest BCUT2D eigenvalue weighted by atomic mass is 10.1. The molecule has 0 aliphatic carbocycles. The molecule has 0 bridgehead atoms. The van der Waals surface area contributed by atoms with Gasteiger partial charge in [-0.2, -0.15) is 0 Å². The van der Waals surface area contributed by atoms with Gasteiger partial charge in [-0.15, -0.1) is 0 Å². The van der Waals surface area contributed by atoms with E-state index in [-0.39, 0.29) is 0 Å². The van der Waals surface area contributed by atoms with Gasteiger partial charge in [-0.1, -0.05) is 0 Å². The van der Waals surface area contributed by atoms with Crippen LogP contribution in [0.25, 0.3) is 0 Å². The molecule has 7 heavy (non-hydrogen) atoms. The van der Waals surface area contributed by atoms with Crippen molar-refractivity contribution >= 4 is 0 Å². The second-order valence-corrected chi connectivity index (χ2v) is 1.73. The summed E-state index contributed by atoms with van der Waals surface area (Å²) in [6.45, 7) is -0.887. The fourth-order valence-corrected chi connectivity index (χ4v) is 0.646. The normalized spacial score (nSPS) is 44.4. The fourth-order valence-electron chi connectivity index (χ4n) is 0.646. The zero-order valence-electron chi connectivity index (χ0n) is 6.15. The van der Waals surface area contributed by atoms with Crippen LogP contribution in [0.1, 0.15) is 15.6 Å². The van der Waals surface area contributed by atoms with E-state index in [0.29, 0.717) is 13.0 Å². The van der Waals surface area contributed by atoms with Crippen LogP contribution in [0.4, 0.5) is 0 Å². The molecule has 42 valence electrons. The van der Waals surface area contributed by atoms with Crippen molar-refractivity contribution in [3.05, 3.63) is 0 Å². The lowest BCUT2D eigenvalue weighted by Crippen LogP contribution is -2.33. The van der Waals surface area contributed by atoms with E-state index in [2.05, 4.69) is 5.32 Å². The molecule has 1 atom stereocenters. The topological polar surface area (TPSA) is 32.3 Å². The van der Waals surface area contributed by atoms with E-state index in [1.165, 1.54) is 0 Å². The number of β-amino-alcohol motifs (C(OH)–C–C–N with tert-alkyl or cyclic N) is 1. The lowest BCUT2D eigenvalue weighted by Gasteiger charge is -2.16. The Balaban J connectivity index is 2.49. The summed E-state index contributed by atoms with van der Waals surface area (Å²) >= 11 is 0. The number of hydrogen-bond donors (Lipinski definition) is 2. The van der Waals surface area contributed by atoms with Gasteiger partial charge in [0.15, 0.2) is 0 Å². The number of aliphatic hydroxyl groups excluding tert-OH is 1. The maximum atomic E-state index is 9.00. The van der Waals surface area contributed by atoms with Crippen LogP contribution >= 0.6 is 0 Å². The SMILES string of the molecule is [2H]C1([2H])NCCCC1O. The van der Waals surface area contributed by atoms with Crippen LogP contribution in [0.3, 0.4) is 0 Å². The van der Waals surface area contributed by atoms with Crippen LogP contribution in [0.15, 0.2) is 0 Å². The van der Waals surface area contributed by atoms with Gasteiger partial charge in [-0.05, 0) is 19.4 Å². The van der Waals surface area contributed by atoms with E-state index in [4.69, 9.17) is 7.85 Å². The number of hydrogen-bond acceptors (Lipinski definition) is 2. The third-order valence-electron chi connectivity index (χ3n) is 1.05. The van der Waals surface area contributed by atoms with Crippen molar-refractivity contribution in [2.45, 2.75) is 18.9 Å². The first kappa shape index (κ1) is 3.05. The van der Waals surface area contributed by atoms with Crippen molar-refractivity contribution in [2.75, 3.05) is 13.0 Å². The Morgan fingerprint density at radius 1 is 1.86 bits per heavy atom. The van der Waals surface area contributed by atoms with Gasteiger partial charge < -0.3 is 10.4 Å². The van der Waals surface area contributed by atoms with Gasteiger partial charge in [0.2, 0.25) is 0 Å². The summed E-state index contributed by atoms with van der Waals surface area (Å²) in [7, 11) is 0. The van der Waals surface area contributed by atoms with Gasteiger partial charge in [0, 0.05) is 9.24 Å². The van der Waals surface area contributed by atoms with Crippen LogP contribution in [-0.4, -0.2) is 24.3 Å². The van der Waals surface area contributed by atoms with Crippen molar-refractivity contribution in [1.29, 1.82) is 0 Å². The van der Waals surface area contributed by atoms with Gasteiger partial charge in [-0.25, -0.2) is 0 Å². The van der Waals surface area contributed by atoms with Crippen LogP contribution in [0.2, 0.25) is 0 Å². The molecular formula is C5H11NO. The Labute approximate surface area is 46.3 Å². The van der Waals surface area contributed by atoms with E-state index in [1.54, 1.807) is 0 Å². The lowest BCUT2D eigenvalue weighted by molar-refractivity contribution is 0.142. The highest BCUT2D eigenvalue weighted by atomic mass is 16.3. The standard InChI is InChI=1S/C5H11NO/c7-5-2-1-3-6-4-5/h5-7H,1-4H2/i4D2. The fraction of sp³-hybridized carbons (Fsp3) is 1.00. The molecule has 0 spiro atoms. The zero-order valence-corrected chi connectivity index (χ0v) is 4.15. The van der Waals surface area contributed by atoms with Crippen molar-refractivity contribution in [1.82, 2.24) is 5.32 Å². The molecule has 2 heteroatoms. The molecule has 1 heterocycles. The van der Waals surface area contributed by atoms with E-state index >= 15 is 0 Å². The Hall–Kier alpha value is -0.0800. The second kappa shape index (κ2) is 2.28. The third-order valence-corrected chi connectivity index (χ3v) is 1.05. The average molecular weight is 103 g/mol. The van der Waals surface area contributed by atoms with Crippen LogP contribution in [0, 0.1) is 0 Å². The molecule has 0 radical (unpaired) electrons. The molecule has 1 aliphatic heterocycles. The Morgan fingerprint density at radius 3 is 3.14 bits per heavy atom. The number of nitrogens with one attached hydrogen (secondary N) is 1.